The second-order valence-corrected chi connectivity index (χ2v) is 5.99. The lowest BCUT2D eigenvalue weighted by atomic mass is 9.85. The van der Waals surface area contributed by atoms with Gasteiger partial charge in [-0.1, -0.05) is 74.8 Å². The lowest BCUT2D eigenvalue weighted by molar-refractivity contribution is 0.103. The number of rotatable bonds is 2. The lowest BCUT2D eigenvalue weighted by Gasteiger charge is -2.21. The third-order valence-corrected chi connectivity index (χ3v) is 3.49. The van der Waals surface area contributed by atoms with E-state index in [2.05, 4.69) is 20.8 Å². The molecule has 2 aromatic rings. The van der Waals surface area contributed by atoms with Crippen LogP contribution >= 0.6 is 11.6 Å². The Morgan fingerprint density at radius 3 is 2.16 bits per heavy atom. The molecule has 0 amide bonds. The SMILES string of the molecule is CC(C)(C)c1cccc(C(=O)c2ccccc2)c1Cl. The van der Waals surface area contributed by atoms with Crippen LogP contribution in [0.15, 0.2) is 48.5 Å². The van der Waals surface area contributed by atoms with E-state index in [9.17, 15) is 4.79 Å². The molecular weight excluding hydrogens is 256 g/mol. The minimum absolute atomic E-state index is 0.0308. The number of hydrogen-bond donors (Lipinski definition) is 0. The molecule has 1 nitrogen and oxygen atoms in total. The van der Waals surface area contributed by atoms with Gasteiger partial charge in [-0.15, -0.1) is 0 Å². The number of ketones is 1. The van der Waals surface area contributed by atoms with Crippen LogP contribution in [0.4, 0.5) is 0 Å². The number of halogens is 1. The molecule has 0 aliphatic rings. The van der Waals surface area contributed by atoms with Gasteiger partial charge in [-0.2, -0.15) is 0 Å². The molecule has 2 heteroatoms. The zero-order valence-electron chi connectivity index (χ0n) is 11.4. The van der Waals surface area contributed by atoms with E-state index in [1.807, 2.05) is 42.5 Å². The summed E-state index contributed by atoms with van der Waals surface area (Å²) >= 11 is 6.42. The molecule has 19 heavy (non-hydrogen) atoms. The Bertz CT molecular complexity index is 594. The normalized spacial score (nSPS) is 11.4. The van der Waals surface area contributed by atoms with E-state index in [-0.39, 0.29) is 11.2 Å². The van der Waals surface area contributed by atoms with Gasteiger partial charge in [-0.3, -0.25) is 4.79 Å². The van der Waals surface area contributed by atoms with Crippen molar-refractivity contribution in [2.45, 2.75) is 26.2 Å². The second-order valence-electron chi connectivity index (χ2n) is 5.61. The van der Waals surface area contributed by atoms with Crippen LogP contribution in [0.1, 0.15) is 42.3 Å². The Morgan fingerprint density at radius 1 is 0.947 bits per heavy atom. The highest BCUT2D eigenvalue weighted by Crippen LogP contribution is 2.32. The fourth-order valence-electron chi connectivity index (χ4n) is 2.03. The molecule has 98 valence electrons. The molecule has 0 spiro atoms. The van der Waals surface area contributed by atoms with Gasteiger partial charge >= 0.3 is 0 Å². The molecule has 2 rings (SSSR count). The van der Waals surface area contributed by atoms with Crippen molar-refractivity contribution in [3.8, 4) is 0 Å². The van der Waals surface area contributed by atoms with E-state index >= 15 is 0 Å². The van der Waals surface area contributed by atoms with Gasteiger partial charge in [0.25, 0.3) is 0 Å². The fraction of sp³-hybridized carbons (Fsp3) is 0.235. The summed E-state index contributed by atoms with van der Waals surface area (Å²) in [6.45, 7) is 6.26. The van der Waals surface area contributed by atoms with Crippen LogP contribution < -0.4 is 0 Å². The molecule has 0 saturated heterocycles. The molecule has 0 N–H and O–H groups in total. The van der Waals surface area contributed by atoms with Crippen molar-refractivity contribution < 1.29 is 4.79 Å². The maximum atomic E-state index is 12.5. The van der Waals surface area contributed by atoms with Gasteiger partial charge in [-0.25, -0.2) is 0 Å². The number of carbonyl (C=O) groups excluding carboxylic acids is 1. The Kier molecular flexibility index (Phi) is 3.77. The van der Waals surface area contributed by atoms with Gasteiger partial charge in [-0.05, 0) is 17.0 Å². The van der Waals surface area contributed by atoms with Crippen LogP contribution in [0.3, 0.4) is 0 Å². The van der Waals surface area contributed by atoms with Gasteiger partial charge in [0, 0.05) is 11.1 Å². The van der Waals surface area contributed by atoms with Crippen LogP contribution in [-0.4, -0.2) is 5.78 Å². The number of benzene rings is 2. The Labute approximate surface area is 119 Å². The van der Waals surface area contributed by atoms with Crippen molar-refractivity contribution in [1.82, 2.24) is 0 Å². The first-order valence-corrected chi connectivity index (χ1v) is 6.68. The first-order valence-electron chi connectivity index (χ1n) is 6.30. The van der Waals surface area contributed by atoms with Crippen molar-refractivity contribution >= 4 is 17.4 Å². The van der Waals surface area contributed by atoms with Crippen molar-refractivity contribution in [3.05, 3.63) is 70.2 Å². The maximum Gasteiger partial charge on any atom is 0.194 e. The van der Waals surface area contributed by atoms with Crippen molar-refractivity contribution in [3.63, 3.8) is 0 Å². The summed E-state index contributed by atoms with van der Waals surface area (Å²) in [5.41, 5.74) is 2.15. The Balaban J connectivity index is 2.50. The van der Waals surface area contributed by atoms with E-state index in [0.717, 1.165) is 5.56 Å². The van der Waals surface area contributed by atoms with E-state index in [1.165, 1.54) is 0 Å². The molecule has 0 aliphatic carbocycles. The van der Waals surface area contributed by atoms with Crippen LogP contribution in [0, 0.1) is 0 Å². The van der Waals surface area contributed by atoms with E-state index in [0.29, 0.717) is 16.1 Å². The van der Waals surface area contributed by atoms with Crippen molar-refractivity contribution in [2.24, 2.45) is 0 Å². The van der Waals surface area contributed by atoms with Crippen LogP contribution in [0.2, 0.25) is 5.02 Å². The molecule has 0 saturated carbocycles. The first-order chi connectivity index (χ1) is 8.91. The quantitative estimate of drug-likeness (QED) is 0.713. The minimum atomic E-state index is -0.0793. The standard InChI is InChI=1S/C17H17ClO/c1-17(2,3)14-11-7-10-13(15(14)18)16(19)12-8-5-4-6-9-12/h4-11H,1-3H3. The van der Waals surface area contributed by atoms with Crippen LogP contribution in [-0.2, 0) is 5.41 Å². The predicted molar refractivity (Wildman–Crippen MR) is 80.0 cm³/mol. The maximum absolute atomic E-state index is 12.5. The van der Waals surface area contributed by atoms with Gasteiger partial charge in [0.2, 0.25) is 0 Å². The number of carbonyl (C=O) groups is 1. The summed E-state index contributed by atoms with van der Waals surface area (Å²) < 4.78 is 0. The van der Waals surface area contributed by atoms with Gasteiger partial charge < -0.3 is 0 Å². The van der Waals surface area contributed by atoms with Gasteiger partial charge in [0.05, 0.1) is 5.02 Å². The van der Waals surface area contributed by atoms with Crippen molar-refractivity contribution in [1.29, 1.82) is 0 Å². The zero-order chi connectivity index (χ0) is 14.0. The van der Waals surface area contributed by atoms with Gasteiger partial charge in [0.15, 0.2) is 5.78 Å². The summed E-state index contributed by atoms with van der Waals surface area (Å²) in [6, 6.07) is 14.9. The van der Waals surface area contributed by atoms with Crippen LogP contribution in [0.25, 0.3) is 0 Å². The molecule has 0 aliphatic heterocycles. The Hall–Kier alpha value is -1.60. The summed E-state index contributed by atoms with van der Waals surface area (Å²) in [6.07, 6.45) is 0. The molecule has 2 aromatic carbocycles. The molecule has 0 atom stereocenters. The zero-order valence-corrected chi connectivity index (χ0v) is 12.2. The highest BCUT2D eigenvalue weighted by atomic mass is 35.5. The predicted octanol–water partition coefficient (Wildman–Crippen LogP) is 4.87. The van der Waals surface area contributed by atoms with Gasteiger partial charge in [0.1, 0.15) is 0 Å². The van der Waals surface area contributed by atoms with E-state index < -0.39 is 0 Å². The molecule has 0 radical (unpaired) electrons. The fourth-order valence-corrected chi connectivity index (χ4v) is 2.53. The molecule has 0 unspecified atom stereocenters. The third-order valence-electron chi connectivity index (χ3n) is 3.09. The average molecular weight is 273 g/mol. The van der Waals surface area contributed by atoms with Crippen LogP contribution in [0.5, 0.6) is 0 Å². The summed E-state index contributed by atoms with van der Waals surface area (Å²) in [5, 5.41) is 0.559. The van der Waals surface area contributed by atoms with E-state index in [1.54, 1.807) is 6.07 Å². The average Bonchev–Trinajstić information content (AvgIpc) is 2.38. The monoisotopic (exact) mass is 272 g/mol. The largest absolute Gasteiger partial charge is 0.289 e. The highest BCUT2D eigenvalue weighted by molar-refractivity contribution is 6.35. The minimum Gasteiger partial charge on any atom is -0.289 e. The molecule has 0 aromatic heterocycles. The lowest BCUT2D eigenvalue weighted by Crippen LogP contribution is -2.14. The smallest absolute Gasteiger partial charge is 0.194 e. The molecule has 0 heterocycles. The Morgan fingerprint density at radius 2 is 1.58 bits per heavy atom. The van der Waals surface area contributed by atoms with E-state index in [4.69, 9.17) is 11.6 Å². The second kappa shape index (κ2) is 5.18. The molecule has 0 fully saturated rings. The first kappa shape index (κ1) is 13.8. The summed E-state index contributed by atoms with van der Waals surface area (Å²) in [4.78, 5) is 12.5. The molecular formula is C17H17ClO. The number of hydrogen-bond acceptors (Lipinski definition) is 1. The highest BCUT2D eigenvalue weighted by Gasteiger charge is 2.21. The molecule has 0 bridgehead atoms. The summed E-state index contributed by atoms with van der Waals surface area (Å²) in [7, 11) is 0. The summed E-state index contributed by atoms with van der Waals surface area (Å²) in [5.74, 6) is -0.0308. The third kappa shape index (κ3) is 2.87. The topological polar surface area (TPSA) is 17.1 Å². The van der Waals surface area contributed by atoms with Crippen molar-refractivity contribution in [2.75, 3.05) is 0 Å².